The third-order valence-corrected chi connectivity index (χ3v) is 11.0. The zero-order valence-corrected chi connectivity index (χ0v) is 23.0. The van der Waals surface area contributed by atoms with Crippen LogP contribution in [0.3, 0.4) is 0 Å². The van der Waals surface area contributed by atoms with Crippen LogP contribution in [0.4, 0.5) is 0 Å². The van der Waals surface area contributed by atoms with Gasteiger partial charge >= 0.3 is 0 Å². The topological polar surface area (TPSA) is 43.1 Å². The Morgan fingerprint density at radius 2 is 1.15 bits per heavy atom. The number of aromatic nitrogens is 1. The number of furan rings is 1. The molecule has 0 aliphatic carbocycles. The highest BCUT2D eigenvalue weighted by Gasteiger charge is 2.30. The number of hydrogen-bond acceptors (Lipinski definition) is 3. The zero-order chi connectivity index (χ0) is 27.4. The van der Waals surface area contributed by atoms with Crippen LogP contribution in [0.15, 0.2) is 150 Å². The van der Waals surface area contributed by atoms with Crippen LogP contribution >= 0.6 is 7.14 Å². The molecule has 0 spiro atoms. The summed E-state index contributed by atoms with van der Waals surface area (Å²) in [6.07, 6.45) is 1.77. The fourth-order valence-corrected chi connectivity index (χ4v) is 8.62. The highest BCUT2D eigenvalue weighted by molar-refractivity contribution is 7.85. The Labute approximate surface area is 237 Å². The summed E-state index contributed by atoms with van der Waals surface area (Å²) in [4.78, 5) is 4.92. The molecule has 6 aromatic carbocycles. The Morgan fingerprint density at radius 1 is 0.537 bits per heavy atom. The maximum atomic E-state index is 14.8. The Kier molecular flexibility index (Phi) is 5.41. The molecule has 41 heavy (non-hydrogen) atoms. The van der Waals surface area contributed by atoms with Gasteiger partial charge < -0.3 is 8.98 Å². The molecule has 8 aromatic rings. The van der Waals surface area contributed by atoms with Crippen molar-refractivity contribution in [3.8, 4) is 11.3 Å². The molecule has 194 valence electrons. The molecular formula is C37H24NO2P. The van der Waals surface area contributed by atoms with E-state index >= 15 is 0 Å². The van der Waals surface area contributed by atoms with Gasteiger partial charge in [-0.3, -0.25) is 4.98 Å². The Balaban J connectivity index is 1.37. The standard InChI is InChI=1S/C37H24NO2P/c39-41(27-13-3-1-4-14-27,28-15-5-2-6-16-28)29-20-21-33(38-24-29)32-23-26-12-8-10-18-31(26)36-35-30-17-9-7-11-25(30)19-22-34(35)40-37(32)36/h1-24H. The zero-order valence-electron chi connectivity index (χ0n) is 22.1. The molecule has 0 radical (unpaired) electrons. The van der Waals surface area contributed by atoms with Crippen molar-refractivity contribution in [2.75, 3.05) is 0 Å². The first-order valence-corrected chi connectivity index (χ1v) is 15.4. The Hall–Kier alpha value is -4.98. The first-order valence-electron chi connectivity index (χ1n) is 13.7. The molecule has 2 heterocycles. The average Bonchev–Trinajstić information content (AvgIpc) is 3.46. The van der Waals surface area contributed by atoms with Gasteiger partial charge in [-0.1, -0.05) is 115 Å². The molecule has 0 N–H and O–H groups in total. The van der Waals surface area contributed by atoms with Gasteiger partial charge in [0.05, 0.1) is 5.69 Å². The SMILES string of the molecule is O=P(c1ccccc1)(c1ccccc1)c1ccc(-c2cc3ccccc3c3c2oc2ccc4ccccc4c23)nc1. The van der Waals surface area contributed by atoms with Gasteiger partial charge in [0.15, 0.2) is 7.14 Å². The van der Waals surface area contributed by atoms with Gasteiger partial charge in [-0.2, -0.15) is 0 Å². The van der Waals surface area contributed by atoms with E-state index in [0.29, 0.717) is 5.30 Å². The summed E-state index contributed by atoms with van der Waals surface area (Å²) < 4.78 is 21.4. The number of rotatable bonds is 4. The third kappa shape index (κ3) is 3.67. The molecule has 0 saturated carbocycles. The van der Waals surface area contributed by atoms with Crippen molar-refractivity contribution in [2.24, 2.45) is 0 Å². The normalized spacial score (nSPS) is 12.0. The molecule has 0 aliphatic rings. The summed E-state index contributed by atoms with van der Waals surface area (Å²) >= 11 is 0. The molecule has 2 aromatic heterocycles. The van der Waals surface area contributed by atoms with Crippen molar-refractivity contribution in [3.63, 3.8) is 0 Å². The van der Waals surface area contributed by atoms with E-state index in [1.165, 1.54) is 10.8 Å². The minimum Gasteiger partial charge on any atom is -0.455 e. The summed E-state index contributed by atoms with van der Waals surface area (Å²) in [5.74, 6) is 0. The predicted molar refractivity (Wildman–Crippen MR) is 171 cm³/mol. The number of hydrogen-bond donors (Lipinski definition) is 0. The highest BCUT2D eigenvalue weighted by atomic mass is 31.2. The molecular weight excluding hydrogens is 521 g/mol. The molecule has 0 amide bonds. The molecule has 0 fully saturated rings. The lowest BCUT2D eigenvalue weighted by Crippen LogP contribution is -2.25. The van der Waals surface area contributed by atoms with Gasteiger partial charge in [0.2, 0.25) is 0 Å². The van der Waals surface area contributed by atoms with Crippen molar-refractivity contribution >= 4 is 66.5 Å². The summed E-state index contributed by atoms with van der Waals surface area (Å²) in [7, 11) is -3.11. The number of pyridine rings is 1. The van der Waals surface area contributed by atoms with Crippen molar-refractivity contribution in [2.45, 2.75) is 0 Å². The van der Waals surface area contributed by atoms with Crippen molar-refractivity contribution < 1.29 is 8.98 Å². The monoisotopic (exact) mass is 545 g/mol. The number of nitrogens with zero attached hydrogens (tertiary/aromatic N) is 1. The highest BCUT2D eigenvalue weighted by Crippen LogP contribution is 2.44. The second-order valence-corrected chi connectivity index (χ2v) is 13.1. The van der Waals surface area contributed by atoms with Crippen molar-refractivity contribution in [1.82, 2.24) is 4.98 Å². The van der Waals surface area contributed by atoms with E-state index in [0.717, 1.165) is 54.6 Å². The maximum absolute atomic E-state index is 14.8. The smallest absolute Gasteiger partial charge is 0.172 e. The second-order valence-electron chi connectivity index (χ2n) is 10.3. The first kappa shape index (κ1) is 23.9. The largest absolute Gasteiger partial charge is 0.455 e. The molecule has 0 atom stereocenters. The summed E-state index contributed by atoms with van der Waals surface area (Å²) in [5.41, 5.74) is 3.36. The minimum absolute atomic E-state index is 0.700. The van der Waals surface area contributed by atoms with Gasteiger partial charge in [-0.15, -0.1) is 0 Å². The molecule has 0 bridgehead atoms. The van der Waals surface area contributed by atoms with Crippen LogP contribution in [0.25, 0.3) is 54.7 Å². The fraction of sp³-hybridized carbons (Fsp3) is 0. The summed E-state index contributed by atoms with van der Waals surface area (Å²) in [6, 6.07) is 46.5. The molecule has 0 saturated heterocycles. The summed E-state index contributed by atoms with van der Waals surface area (Å²) in [5, 5.41) is 9.10. The van der Waals surface area contributed by atoms with Crippen LogP contribution in [-0.2, 0) is 4.57 Å². The van der Waals surface area contributed by atoms with Gasteiger partial charge in [0, 0.05) is 38.4 Å². The van der Waals surface area contributed by atoms with Gasteiger partial charge in [0.25, 0.3) is 0 Å². The second kappa shape index (κ2) is 9.30. The fourth-order valence-electron chi connectivity index (χ4n) is 6.03. The van der Waals surface area contributed by atoms with E-state index in [1.54, 1.807) is 6.20 Å². The van der Waals surface area contributed by atoms with Crippen LogP contribution < -0.4 is 15.9 Å². The van der Waals surface area contributed by atoms with Crippen LogP contribution in [0.5, 0.6) is 0 Å². The third-order valence-electron chi connectivity index (χ3n) is 7.98. The Morgan fingerprint density at radius 3 is 1.80 bits per heavy atom. The molecule has 8 rings (SSSR count). The minimum atomic E-state index is -3.11. The van der Waals surface area contributed by atoms with E-state index in [4.69, 9.17) is 9.40 Å². The average molecular weight is 546 g/mol. The molecule has 0 unspecified atom stereocenters. The van der Waals surface area contributed by atoms with Gasteiger partial charge in [-0.05, 0) is 45.8 Å². The van der Waals surface area contributed by atoms with Crippen LogP contribution in [0.2, 0.25) is 0 Å². The summed E-state index contributed by atoms with van der Waals surface area (Å²) in [6.45, 7) is 0. The van der Waals surface area contributed by atoms with E-state index in [-0.39, 0.29) is 0 Å². The van der Waals surface area contributed by atoms with Gasteiger partial charge in [0.1, 0.15) is 11.2 Å². The van der Waals surface area contributed by atoms with E-state index in [9.17, 15) is 4.57 Å². The molecule has 4 heteroatoms. The Bertz CT molecular complexity index is 2230. The lowest BCUT2D eigenvalue weighted by atomic mass is 9.96. The quantitative estimate of drug-likeness (QED) is 0.208. The lowest BCUT2D eigenvalue weighted by molar-refractivity contribution is 0.592. The number of fused-ring (bicyclic) bond motifs is 7. The van der Waals surface area contributed by atoms with Gasteiger partial charge in [-0.25, -0.2) is 0 Å². The molecule has 3 nitrogen and oxygen atoms in total. The van der Waals surface area contributed by atoms with E-state index < -0.39 is 7.14 Å². The lowest BCUT2D eigenvalue weighted by Gasteiger charge is -2.19. The molecule has 0 aliphatic heterocycles. The number of benzene rings is 6. The van der Waals surface area contributed by atoms with Crippen LogP contribution in [0.1, 0.15) is 0 Å². The predicted octanol–water partition coefficient (Wildman–Crippen LogP) is 8.59. The van der Waals surface area contributed by atoms with Crippen molar-refractivity contribution in [1.29, 1.82) is 0 Å². The van der Waals surface area contributed by atoms with Crippen LogP contribution in [-0.4, -0.2) is 4.98 Å². The maximum Gasteiger partial charge on any atom is 0.172 e. The van der Waals surface area contributed by atoms with E-state index in [2.05, 4.69) is 66.7 Å². The first-order chi connectivity index (χ1) is 20.2. The van der Waals surface area contributed by atoms with Crippen molar-refractivity contribution in [3.05, 3.63) is 146 Å². The van der Waals surface area contributed by atoms with Crippen LogP contribution in [0, 0.1) is 0 Å². The van der Waals surface area contributed by atoms with E-state index in [1.807, 2.05) is 72.8 Å².